The Morgan fingerprint density at radius 2 is 1.47 bits per heavy atom. The van der Waals surface area contributed by atoms with E-state index in [1.54, 1.807) is 0 Å². The van der Waals surface area contributed by atoms with Crippen molar-refractivity contribution in [1.82, 2.24) is 5.32 Å². The zero-order chi connectivity index (χ0) is 11.6. The SMILES string of the molecule is NCCCCCCNCCC[Si](O)(O)O. The molecule has 0 aromatic rings. The van der Waals surface area contributed by atoms with Crippen LogP contribution in [0.15, 0.2) is 0 Å². The number of unbranched alkanes of at least 4 members (excludes halogenated alkanes) is 3. The van der Waals surface area contributed by atoms with Crippen molar-refractivity contribution in [3.8, 4) is 0 Å². The topological polar surface area (TPSA) is 98.7 Å². The molecule has 6 N–H and O–H groups in total. The van der Waals surface area contributed by atoms with Crippen molar-refractivity contribution in [2.24, 2.45) is 5.73 Å². The molecule has 0 aliphatic rings. The first-order valence-corrected chi connectivity index (χ1v) is 7.69. The second-order valence-electron chi connectivity index (χ2n) is 3.83. The Morgan fingerprint density at radius 1 is 0.867 bits per heavy atom. The largest absolute Gasteiger partial charge is 0.492 e. The molecule has 0 amide bonds. The molecule has 0 atom stereocenters. The van der Waals surface area contributed by atoms with Crippen molar-refractivity contribution in [2.75, 3.05) is 19.6 Å². The zero-order valence-corrected chi connectivity index (χ0v) is 10.3. The lowest BCUT2D eigenvalue weighted by Gasteiger charge is -2.09. The molecule has 0 rings (SSSR count). The van der Waals surface area contributed by atoms with Gasteiger partial charge in [-0.15, -0.1) is 0 Å². The normalized spacial score (nSPS) is 12.0. The smallest absolute Gasteiger partial charge is 0.390 e. The van der Waals surface area contributed by atoms with Crippen LogP contribution in [0.5, 0.6) is 0 Å². The quantitative estimate of drug-likeness (QED) is 0.258. The molecule has 0 bridgehead atoms. The van der Waals surface area contributed by atoms with Gasteiger partial charge in [0.15, 0.2) is 0 Å². The van der Waals surface area contributed by atoms with Crippen LogP contribution in [0.2, 0.25) is 6.04 Å². The minimum atomic E-state index is -3.80. The molecule has 0 aromatic carbocycles. The lowest BCUT2D eigenvalue weighted by Crippen LogP contribution is -2.35. The van der Waals surface area contributed by atoms with Crippen LogP contribution in [0.25, 0.3) is 0 Å². The van der Waals surface area contributed by atoms with Gasteiger partial charge in [0.05, 0.1) is 0 Å². The van der Waals surface area contributed by atoms with Gasteiger partial charge in [-0.05, 0) is 38.9 Å². The highest BCUT2D eigenvalue weighted by Gasteiger charge is 2.25. The monoisotopic (exact) mass is 236 g/mol. The summed E-state index contributed by atoms with van der Waals surface area (Å²) in [7, 11) is -3.80. The molecule has 0 aliphatic heterocycles. The summed E-state index contributed by atoms with van der Waals surface area (Å²) in [4.78, 5) is 26.2. The second-order valence-corrected chi connectivity index (χ2v) is 5.88. The van der Waals surface area contributed by atoms with Crippen molar-refractivity contribution in [1.29, 1.82) is 0 Å². The molecule has 0 aliphatic carbocycles. The van der Waals surface area contributed by atoms with Crippen LogP contribution in [-0.4, -0.2) is 42.8 Å². The number of nitrogens with two attached hydrogens (primary N) is 1. The highest BCUT2D eigenvalue weighted by atomic mass is 28.4. The van der Waals surface area contributed by atoms with E-state index in [1.807, 2.05) is 0 Å². The maximum atomic E-state index is 8.73. The van der Waals surface area contributed by atoms with Crippen LogP contribution >= 0.6 is 0 Å². The predicted molar refractivity (Wildman–Crippen MR) is 62.2 cm³/mol. The summed E-state index contributed by atoms with van der Waals surface area (Å²) in [5, 5.41) is 3.19. The van der Waals surface area contributed by atoms with Crippen molar-refractivity contribution >= 4 is 8.80 Å². The average molecular weight is 236 g/mol. The summed E-state index contributed by atoms with van der Waals surface area (Å²) in [5.74, 6) is 0. The summed E-state index contributed by atoms with van der Waals surface area (Å²) in [5.41, 5.74) is 5.37. The summed E-state index contributed by atoms with van der Waals surface area (Å²) in [6.45, 7) is 2.44. The molecule has 15 heavy (non-hydrogen) atoms. The van der Waals surface area contributed by atoms with Crippen molar-refractivity contribution in [3.05, 3.63) is 0 Å². The van der Waals surface area contributed by atoms with Crippen molar-refractivity contribution in [3.63, 3.8) is 0 Å². The summed E-state index contributed by atoms with van der Waals surface area (Å²) in [6, 6.07) is 0.118. The second kappa shape index (κ2) is 9.26. The lowest BCUT2D eigenvalue weighted by atomic mass is 10.2. The van der Waals surface area contributed by atoms with E-state index in [9.17, 15) is 0 Å². The first-order chi connectivity index (χ1) is 7.06. The maximum absolute atomic E-state index is 8.73. The summed E-state index contributed by atoms with van der Waals surface area (Å²) < 4.78 is 0. The van der Waals surface area contributed by atoms with Gasteiger partial charge in [-0.3, -0.25) is 0 Å². The number of nitrogens with one attached hydrogen (secondary N) is 1. The predicted octanol–water partition coefficient (Wildman–Crippen LogP) is -0.599. The van der Waals surface area contributed by atoms with Gasteiger partial charge in [0.25, 0.3) is 0 Å². The first kappa shape index (κ1) is 15.0. The van der Waals surface area contributed by atoms with Gasteiger partial charge in [0.2, 0.25) is 0 Å². The van der Waals surface area contributed by atoms with E-state index in [0.717, 1.165) is 32.5 Å². The molecule has 0 saturated heterocycles. The Bertz CT molecular complexity index is 142. The van der Waals surface area contributed by atoms with Crippen LogP contribution in [-0.2, 0) is 0 Å². The fraction of sp³-hybridized carbons (Fsp3) is 1.00. The Kier molecular flexibility index (Phi) is 9.27. The first-order valence-electron chi connectivity index (χ1n) is 5.64. The molecule has 5 nitrogen and oxygen atoms in total. The van der Waals surface area contributed by atoms with Gasteiger partial charge < -0.3 is 25.4 Å². The summed E-state index contributed by atoms with van der Waals surface area (Å²) >= 11 is 0. The van der Waals surface area contributed by atoms with E-state index >= 15 is 0 Å². The highest BCUT2D eigenvalue weighted by molar-refractivity contribution is 6.56. The standard InChI is InChI=1S/C9H24N2O3Si/c10-6-3-1-2-4-7-11-8-5-9-15(12,13)14/h11-14H,1-10H2. The van der Waals surface area contributed by atoms with Gasteiger partial charge in [0.1, 0.15) is 0 Å². The van der Waals surface area contributed by atoms with Gasteiger partial charge >= 0.3 is 8.80 Å². The van der Waals surface area contributed by atoms with E-state index in [-0.39, 0.29) is 6.04 Å². The molecule has 0 heterocycles. The minimum Gasteiger partial charge on any atom is -0.390 e. The van der Waals surface area contributed by atoms with E-state index in [0.29, 0.717) is 6.42 Å². The fourth-order valence-electron chi connectivity index (χ4n) is 1.32. The summed E-state index contributed by atoms with van der Waals surface area (Å²) in [6.07, 6.45) is 5.19. The average Bonchev–Trinajstić information content (AvgIpc) is 2.14. The third-order valence-corrected chi connectivity index (χ3v) is 3.20. The van der Waals surface area contributed by atoms with Gasteiger partial charge in [-0.1, -0.05) is 12.8 Å². The fourth-order valence-corrected chi connectivity index (χ4v) is 1.97. The molecular weight excluding hydrogens is 212 g/mol. The number of rotatable bonds is 10. The molecule has 6 heteroatoms. The van der Waals surface area contributed by atoms with E-state index < -0.39 is 8.80 Å². The molecule has 92 valence electrons. The third kappa shape index (κ3) is 14.0. The van der Waals surface area contributed by atoms with Crippen LogP contribution < -0.4 is 11.1 Å². The molecule has 0 spiro atoms. The third-order valence-electron chi connectivity index (χ3n) is 2.17. The molecule has 0 radical (unpaired) electrons. The molecular formula is C9H24N2O3Si. The number of hydrogen-bond donors (Lipinski definition) is 5. The van der Waals surface area contributed by atoms with Gasteiger partial charge in [0, 0.05) is 6.04 Å². The van der Waals surface area contributed by atoms with E-state index in [2.05, 4.69) is 5.32 Å². The van der Waals surface area contributed by atoms with Crippen LogP contribution in [0.1, 0.15) is 32.1 Å². The molecule has 0 saturated carbocycles. The molecule has 0 aromatic heterocycles. The van der Waals surface area contributed by atoms with Crippen LogP contribution in [0.4, 0.5) is 0 Å². The molecule has 0 fully saturated rings. The Balaban J connectivity index is 2.99. The highest BCUT2D eigenvalue weighted by Crippen LogP contribution is 2.00. The van der Waals surface area contributed by atoms with E-state index in [1.165, 1.54) is 12.8 Å². The van der Waals surface area contributed by atoms with Gasteiger partial charge in [-0.2, -0.15) is 0 Å². The van der Waals surface area contributed by atoms with Gasteiger partial charge in [-0.25, -0.2) is 0 Å². The van der Waals surface area contributed by atoms with Crippen molar-refractivity contribution in [2.45, 2.75) is 38.1 Å². The maximum Gasteiger partial charge on any atom is 0.492 e. The molecule has 0 unspecified atom stereocenters. The zero-order valence-electron chi connectivity index (χ0n) is 9.28. The Morgan fingerprint density at radius 3 is 2.07 bits per heavy atom. The Labute approximate surface area is 92.7 Å². The minimum absolute atomic E-state index is 0.118. The van der Waals surface area contributed by atoms with E-state index in [4.69, 9.17) is 20.1 Å². The Hall–Kier alpha value is 0.0169. The van der Waals surface area contributed by atoms with Crippen LogP contribution in [0.3, 0.4) is 0 Å². The van der Waals surface area contributed by atoms with Crippen molar-refractivity contribution < 1.29 is 14.4 Å². The van der Waals surface area contributed by atoms with Crippen LogP contribution in [0, 0.1) is 0 Å². The lowest BCUT2D eigenvalue weighted by molar-refractivity contribution is 0.226. The number of hydrogen-bond acceptors (Lipinski definition) is 5.